The first-order chi connectivity index (χ1) is 5.74. The molecule has 1 nitrogen and oxygen atoms in total. The molecule has 12 heavy (non-hydrogen) atoms. The smallest absolute Gasteiger partial charge is 0.0543 e. The number of rotatable bonds is 4. The van der Waals surface area contributed by atoms with Gasteiger partial charge >= 0.3 is 0 Å². The summed E-state index contributed by atoms with van der Waals surface area (Å²) in [6, 6.07) is 0. The van der Waals surface area contributed by atoms with Gasteiger partial charge in [-0.2, -0.15) is 0 Å². The standard InChI is InChI=1S/C10H18OS/c1-8-6-7-12-10(8)5-4-9(2)11-3/h6-10H,4-5H2,1-3H3. The monoisotopic (exact) mass is 186 g/mol. The molecule has 2 heteroatoms. The molecular weight excluding hydrogens is 168 g/mol. The molecule has 0 saturated heterocycles. The number of thioether (sulfide) groups is 1. The van der Waals surface area contributed by atoms with E-state index in [1.807, 2.05) is 11.8 Å². The SMILES string of the molecule is COC(C)CCC1SC=CC1C. The van der Waals surface area contributed by atoms with Crippen molar-refractivity contribution in [3.05, 3.63) is 11.5 Å². The third-order valence-corrected chi connectivity index (χ3v) is 3.81. The fourth-order valence-electron chi connectivity index (χ4n) is 1.37. The minimum Gasteiger partial charge on any atom is -0.382 e. The van der Waals surface area contributed by atoms with Crippen molar-refractivity contribution in [2.75, 3.05) is 7.11 Å². The lowest BCUT2D eigenvalue weighted by atomic mass is 10.0. The van der Waals surface area contributed by atoms with Crippen LogP contribution in [0.2, 0.25) is 0 Å². The second-order valence-corrected chi connectivity index (χ2v) is 4.64. The van der Waals surface area contributed by atoms with E-state index < -0.39 is 0 Å². The molecule has 3 unspecified atom stereocenters. The summed E-state index contributed by atoms with van der Waals surface area (Å²) in [5.41, 5.74) is 0. The molecule has 3 atom stereocenters. The van der Waals surface area contributed by atoms with Gasteiger partial charge in [0.05, 0.1) is 6.10 Å². The van der Waals surface area contributed by atoms with Gasteiger partial charge in [-0.15, -0.1) is 11.8 Å². The molecule has 0 aromatic carbocycles. The molecule has 0 aliphatic carbocycles. The van der Waals surface area contributed by atoms with Gasteiger partial charge in [-0.1, -0.05) is 13.0 Å². The molecule has 0 saturated carbocycles. The summed E-state index contributed by atoms with van der Waals surface area (Å²) in [7, 11) is 1.79. The Bertz CT molecular complexity index is 156. The van der Waals surface area contributed by atoms with Crippen LogP contribution >= 0.6 is 11.8 Å². The Hall–Kier alpha value is 0.0500. The van der Waals surface area contributed by atoms with Crippen LogP contribution in [0.25, 0.3) is 0 Å². The first-order valence-corrected chi connectivity index (χ1v) is 5.53. The van der Waals surface area contributed by atoms with Crippen LogP contribution < -0.4 is 0 Å². The minimum absolute atomic E-state index is 0.415. The van der Waals surface area contributed by atoms with E-state index in [0.29, 0.717) is 6.10 Å². The van der Waals surface area contributed by atoms with E-state index in [1.54, 1.807) is 7.11 Å². The lowest BCUT2D eigenvalue weighted by molar-refractivity contribution is 0.108. The Morgan fingerprint density at radius 2 is 2.33 bits per heavy atom. The molecule has 0 N–H and O–H groups in total. The third kappa shape index (κ3) is 2.83. The highest BCUT2D eigenvalue weighted by Crippen LogP contribution is 2.32. The minimum atomic E-state index is 0.415. The maximum absolute atomic E-state index is 5.22. The second kappa shape index (κ2) is 4.93. The zero-order valence-corrected chi connectivity index (χ0v) is 8.93. The maximum Gasteiger partial charge on any atom is 0.0543 e. The molecule has 1 rings (SSSR count). The van der Waals surface area contributed by atoms with Gasteiger partial charge in [0.1, 0.15) is 0 Å². The molecule has 1 heterocycles. The van der Waals surface area contributed by atoms with Gasteiger partial charge in [0.25, 0.3) is 0 Å². The summed E-state index contributed by atoms with van der Waals surface area (Å²) >= 11 is 1.97. The lowest BCUT2D eigenvalue weighted by Gasteiger charge is -2.16. The van der Waals surface area contributed by atoms with E-state index in [1.165, 1.54) is 12.8 Å². The average molecular weight is 186 g/mol. The van der Waals surface area contributed by atoms with Crippen molar-refractivity contribution in [2.24, 2.45) is 5.92 Å². The lowest BCUT2D eigenvalue weighted by Crippen LogP contribution is -2.12. The molecule has 0 radical (unpaired) electrons. The molecule has 0 spiro atoms. The number of hydrogen-bond acceptors (Lipinski definition) is 2. The van der Waals surface area contributed by atoms with Crippen LogP contribution in [0.3, 0.4) is 0 Å². The molecule has 0 amide bonds. The molecule has 0 bridgehead atoms. The largest absolute Gasteiger partial charge is 0.382 e. The van der Waals surface area contributed by atoms with Crippen LogP contribution in [0.1, 0.15) is 26.7 Å². The first-order valence-electron chi connectivity index (χ1n) is 4.59. The van der Waals surface area contributed by atoms with E-state index in [0.717, 1.165) is 11.2 Å². The molecule has 1 aliphatic rings. The Labute approximate surface area is 79.6 Å². The zero-order chi connectivity index (χ0) is 8.97. The van der Waals surface area contributed by atoms with Gasteiger partial charge in [0.2, 0.25) is 0 Å². The number of allylic oxidation sites excluding steroid dienone is 1. The Balaban J connectivity index is 2.15. The summed E-state index contributed by atoms with van der Waals surface area (Å²) in [5.74, 6) is 0.749. The summed E-state index contributed by atoms with van der Waals surface area (Å²) in [6.07, 6.45) is 5.17. The molecular formula is C10H18OS. The fraction of sp³-hybridized carbons (Fsp3) is 0.800. The van der Waals surface area contributed by atoms with Crippen LogP contribution in [-0.2, 0) is 4.74 Å². The normalized spacial score (nSPS) is 30.9. The fourth-order valence-corrected chi connectivity index (χ4v) is 2.52. The Morgan fingerprint density at radius 3 is 2.83 bits per heavy atom. The summed E-state index contributed by atoms with van der Waals surface area (Å²) in [5, 5.41) is 3.02. The highest BCUT2D eigenvalue weighted by atomic mass is 32.2. The summed E-state index contributed by atoms with van der Waals surface area (Å²) in [6.45, 7) is 4.43. The van der Waals surface area contributed by atoms with E-state index in [-0.39, 0.29) is 0 Å². The van der Waals surface area contributed by atoms with Crippen molar-refractivity contribution in [2.45, 2.75) is 38.0 Å². The van der Waals surface area contributed by atoms with Gasteiger partial charge in [-0.3, -0.25) is 0 Å². The van der Waals surface area contributed by atoms with Crippen LogP contribution in [0.4, 0.5) is 0 Å². The Kier molecular flexibility index (Phi) is 4.16. The highest BCUT2D eigenvalue weighted by Gasteiger charge is 2.19. The van der Waals surface area contributed by atoms with E-state index >= 15 is 0 Å². The summed E-state index contributed by atoms with van der Waals surface area (Å²) in [4.78, 5) is 0. The van der Waals surface area contributed by atoms with Crippen LogP contribution in [0, 0.1) is 5.92 Å². The van der Waals surface area contributed by atoms with Crippen molar-refractivity contribution in [1.29, 1.82) is 0 Å². The zero-order valence-electron chi connectivity index (χ0n) is 8.12. The van der Waals surface area contributed by atoms with E-state index in [4.69, 9.17) is 4.74 Å². The van der Waals surface area contributed by atoms with Gasteiger partial charge in [0.15, 0.2) is 0 Å². The first kappa shape index (κ1) is 10.1. The van der Waals surface area contributed by atoms with Crippen molar-refractivity contribution >= 4 is 11.8 Å². The van der Waals surface area contributed by atoms with Gasteiger partial charge in [-0.05, 0) is 31.1 Å². The van der Waals surface area contributed by atoms with E-state index in [9.17, 15) is 0 Å². The average Bonchev–Trinajstić information content (AvgIpc) is 2.47. The Morgan fingerprint density at radius 1 is 1.58 bits per heavy atom. The van der Waals surface area contributed by atoms with Crippen molar-refractivity contribution in [1.82, 2.24) is 0 Å². The topological polar surface area (TPSA) is 9.23 Å². The van der Waals surface area contributed by atoms with E-state index in [2.05, 4.69) is 25.3 Å². The maximum atomic E-state index is 5.22. The van der Waals surface area contributed by atoms with Crippen molar-refractivity contribution in [3.63, 3.8) is 0 Å². The predicted octanol–water partition coefficient (Wildman–Crippen LogP) is 3.07. The molecule has 0 fully saturated rings. The molecule has 0 aromatic rings. The van der Waals surface area contributed by atoms with Crippen LogP contribution in [0.5, 0.6) is 0 Å². The number of ether oxygens (including phenoxy) is 1. The predicted molar refractivity (Wildman–Crippen MR) is 55.4 cm³/mol. The molecule has 1 aliphatic heterocycles. The van der Waals surface area contributed by atoms with Gasteiger partial charge in [-0.25, -0.2) is 0 Å². The third-order valence-electron chi connectivity index (χ3n) is 2.48. The molecule has 0 aromatic heterocycles. The summed E-state index contributed by atoms with van der Waals surface area (Å²) < 4.78 is 5.22. The van der Waals surface area contributed by atoms with Gasteiger partial charge in [0, 0.05) is 12.4 Å². The number of hydrogen-bond donors (Lipinski definition) is 0. The second-order valence-electron chi connectivity index (χ2n) is 3.49. The highest BCUT2D eigenvalue weighted by molar-refractivity contribution is 8.03. The van der Waals surface area contributed by atoms with Crippen LogP contribution in [-0.4, -0.2) is 18.5 Å². The van der Waals surface area contributed by atoms with Crippen molar-refractivity contribution < 1.29 is 4.74 Å². The number of methoxy groups -OCH3 is 1. The van der Waals surface area contributed by atoms with Crippen molar-refractivity contribution in [3.8, 4) is 0 Å². The quantitative estimate of drug-likeness (QED) is 0.667. The molecule has 70 valence electrons. The van der Waals surface area contributed by atoms with Crippen LogP contribution in [0.15, 0.2) is 11.5 Å². The van der Waals surface area contributed by atoms with Gasteiger partial charge < -0.3 is 4.74 Å².